The number of amidine groups is 1. The highest BCUT2D eigenvalue weighted by atomic mass is 35.5. The monoisotopic (exact) mass is 451 g/mol. The quantitative estimate of drug-likeness (QED) is 0.510. The molecule has 10 heteroatoms. The van der Waals surface area contributed by atoms with Crippen LogP contribution in [0.3, 0.4) is 0 Å². The first-order valence-electron chi connectivity index (χ1n) is 10.1. The Labute approximate surface area is 189 Å². The number of aryl methyl sites for hydroxylation is 2. The molecule has 0 radical (unpaired) electrons. The van der Waals surface area contributed by atoms with Gasteiger partial charge in [-0.15, -0.1) is 0 Å². The first-order valence-corrected chi connectivity index (χ1v) is 10.5. The lowest BCUT2D eigenvalue weighted by Crippen LogP contribution is -2.38. The maximum absolute atomic E-state index is 6.25. The molecule has 1 aliphatic rings. The standard InChI is InChI=1S/C22H22ClN7O2/c1-12-10-30(11-24-12)18-8-6-16(25-22(18)31-4)21-26-19(13(2)32-28-21)20-15-9-14(23)5-7-17(15)29(3)27-20/h5-11,13,19H,1-4H3,(H,26,28)/t13-,19-/m1/s1. The molecule has 0 saturated heterocycles. The van der Waals surface area contributed by atoms with Gasteiger partial charge >= 0.3 is 0 Å². The van der Waals surface area contributed by atoms with Crippen molar-refractivity contribution < 1.29 is 9.57 Å². The number of pyridine rings is 1. The van der Waals surface area contributed by atoms with E-state index in [2.05, 4.69) is 15.4 Å². The molecule has 1 aromatic carbocycles. The molecule has 0 saturated carbocycles. The summed E-state index contributed by atoms with van der Waals surface area (Å²) >= 11 is 6.25. The summed E-state index contributed by atoms with van der Waals surface area (Å²) in [6.07, 6.45) is 3.39. The Kier molecular flexibility index (Phi) is 5.07. The molecule has 9 nitrogen and oxygen atoms in total. The number of imidazole rings is 1. The Balaban J connectivity index is 1.56. The molecule has 1 N–H and O–H groups in total. The second-order valence-electron chi connectivity index (χ2n) is 7.67. The fourth-order valence-corrected chi connectivity index (χ4v) is 4.01. The number of fused-ring (bicyclic) bond motifs is 1. The highest BCUT2D eigenvalue weighted by molar-refractivity contribution is 6.31. The van der Waals surface area contributed by atoms with E-state index in [4.69, 9.17) is 31.3 Å². The van der Waals surface area contributed by atoms with Crippen LogP contribution in [0, 0.1) is 6.92 Å². The van der Waals surface area contributed by atoms with Crippen LogP contribution >= 0.6 is 11.6 Å². The molecule has 4 aromatic rings. The molecule has 0 aliphatic carbocycles. The van der Waals surface area contributed by atoms with Gasteiger partial charge in [-0.1, -0.05) is 11.6 Å². The van der Waals surface area contributed by atoms with Crippen LogP contribution in [0.2, 0.25) is 5.02 Å². The summed E-state index contributed by atoms with van der Waals surface area (Å²) in [5, 5.41) is 6.31. The van der Waals surface area contributed by atoms with Gasteiger partial charge in [0.15, 0.2) is 5.84 Å². The van der Waals surface area contributed by atoms with Crippen LogP contribution in [-0.2, 0) is 11.9 Å². The Bertz CT molecular complexity index is 1340. The van der Waals surface area contributed by atoms with Crippen LogP contribution in [-0.4, -0.2) is 43.4 Å². The first kappa shape index (κ1) is 20.5. The van der Waals surface area contributed by atoms with E-state index in [1.54, 1.807) is 13.4 Å². The minimum absolute atomic E-state index is 0.245. The predicted molar refractivity (Wildman–Crippen MR) is 121 cm³/mol. The number of aromatic nitrogens is 5. The zero-order chi connectivity index (χ0) is 22.4. The number of halogens is 1. The Morgan fingerprint density at radius 1 is 1.22 bits per heavy atom. The number of hydrogen-bond donors (Lipinski definition) is 1. The highest BCUT2D eigenvalue weighted by Gasteiger charge is 2.30. The molecule has 0 spiro atoms. The van der Waals surface area contributed by atoms with Crippen LogP contribution in [0.1, 0.15) is 30.0 Å². The predicted octanol–water partition coefficient (Wildman–Crippen LogP) is 3.54. The van der Waals surface area contributed by atoms with Gasteiger partial charge in [0.05, 0.1) is 30.3 Å². The molecule has 164 valence electrons. The summed E-state index contributed by atoms with van der Waals surface area (Å²) in [6, 6.07) is 9.16. The van der Waals surface area contributed by atoms with Gasteiger partial charge in [-0.25, -0.2) is 15.4 Å². The van der Waals surface area contributed by atoms with E-state index in [-0.39, 0.29) is 12.1 Å². The van der Waals surface area contributed by atoms with Gasteiger partial charge in [-0.3, -0.25) is 14.5 Å². The average Bonchev–Trinajstić information content (AvgIpc) is 3.36. The lowest BCUT2D eigenvalue weighted by molar-refractivity contribution is -0.00540. The Hall–Kier alpha value is -3.43. The van der Waals surface area contributed by atoms with E-state index in [0.717, 1.165) is 28.0 Å². The smallest absolute Gasteiger partial charge is 0.238 e. The second kappa shape index (κ2) is 7.92. The van der Waals surface area contributed by atoms with Crippen LogP contribution in [0.15, 0.2) is 47.8 Å². The molecule has 2 atom stereocenters. The van der Waals surface area contributed by atoms with Crippen molar-refractivity contribution in [2.24, 2.45) is 12.0 Å². The Morgan fingerprint density at radius 3 is 2.81 bits per heavy atom. The molecule has 0 fully saturated rings. The zero-order valence-electron chi connectivity index (χ0n) is 18.1. The van der Waals surface area contributed by atoms with Gasteiger partial charge in [-0.2, -0.15) is 5.10 Å². The maximum atomic E-state index is 6.25. The molecule has 0 amide bonds. The molecule has 0 bridgehead atoms. The van der Waals surface area contributed by atoms with Crippen molar-refractivity contribution in [1.29, 1.82) is 0 Å². The number of rotatable bonds is 4. The van der Waals surface area contributed by atoms with E-state index >= 15 is 0 Å². The molecule has 32 heavy (non-hydrogen) atoms. The van der Waals surface area contributed by atoms with Crippen molar-refractivity contribution in [3.63, 3.8) is 0 Å². The van der Waals surface area contributed by atoms with Crippen molar-refractivity contribution in [2.75, 3.05) is 7.11 Å². The van der Waals surface area contributed by atoms with Gasteiger partial charge in [0, 0.05) is 23.7 Å². The lowest BCUT2D eigenvalue weighted by Gasteiger charge is -2.26. The van der Waals surface area contributed by atoms with E-state index < -0.39 is 0 Å². The van der Waals surface area contributed by atoms with Crippen LogP contribution in [0.25, 0.3) is 16.6 Å². The van der Waals surface area contributed by atoms with E-state index in [1.165, 1.54) is 0 Å². The summed E-state index contributed by atoms with van der Waals surface area (Å²) < 4.78 is 9.23. The highest BCUT2D eigenvalue weighted by Crippen LogP contribution is 2.33. The second-order valence-corrected chi connectivity index (χ2v) is 8.10. The number of hydrogen-bond acceptors (Lipinski definition) is 7. The van der Waals surface area contributed by atoms with E-state index in [9.17, 15) is 0 Å². The molecule has 1 aliphatic heterocycles. The minimum Gasteiger partial charge on any atom is -0.479 e. The van der Waals surface area contributed by atoms with Crippen LogP contribution in [0.5, 0.6) is 5.88 Å². The lowest BCUT2D eigenvalue weighted by atomic mass is 10.0. The molecule has 0 unspecified atom stereocenters. The summed E-state index contributed by atoms with van der Waals surface area (Å²) in [6.45, 7) is 3.88. The van der Waals surface area contributed by atoms with Crippen molar-refractivity contribution >= 4 is 28.3 Å². The molecular formula is C22H22ClN7O2. The number of benzene rings is 1. The van der Waals surface area contributed by atoms with Gasteiger partial charge in [-0.05, 0) is 44.2 Å². The van der Waals surface area contributed by atoms with Crippen LogP contribution in [0.4, 0.5) is 0 Å². The normalized spacial score (nSPS) is 18.5. The summed E-state index contributed by atoms with van der Waals surface area (Å²) in [5.41, 5.74) is 6.98. The van der Waals surface area contributed by atoms with Gasteiger partial charge in [0.2, 0.25) is 5.88 Å². The third-order valence-electron chi connectivity index (χ3n) is 5.44. The zero-order valence-corrected chi connectivity index (χ0v) is 18.8. The van der Waals surface area contributed by atoms with Crippen molar-refractivity contribution in [3.05, 3.63) is 65.0 Å². The largest absolute Gasteiger partial charge is 0.479 e. The third-order valence-corrected chi connectivity index (χ3v) is 5.68. The molecule has 5 rings (SSSR count). The van der Waals surface area contributed by atoms with Crippen molar-refractivity contribution in [3.8, 4) is 11.6 Å². The number of methoxy groups -OCH3 is 1. The summed E-state index contributed by atoms with van der Waals surface area (Å²) in [5.74, 6) is 0.954. The minimum atomic E-state index is -0.336. The SMILES string of the molecule is COc1nc(C2=N[C@@H](c3nn(C)c4ccc(Cl)cc34)[C@@H](C)ON2)ccc1-n1cnc(C)c1. The third kappa shape index (κ3) is 3.49. The van der Waals surface area contributed by atoms with Gasteiger partial charge in [0.1, 0.15) is 23.5 Å². The topological polar surface area (TPSA) is 91.4 Å². The van der Waals surface area contributed by atoms with Crippen molar-refractivity contribution in [2.45, 2.75) is 26.0 Å². The molecule has 3 aromatic heterocycles. The van der Waals surface area contributed by atoms with Crippen molar-refractivity contribution in [1.82, 2.24) is 29.8 Å². The van der Waals surface area contributed by atoms with Gasteiger partial charge in [0.25, 0.3) is 0 Å². The average molecular weight is 452 g/mol. The molecule has 4 heterocycles. The summed E-state index contributed by atoms with van der Waals surface area (Å²) in [4.78, 5) is 19.7. The number of nitrogens with zero attached hydrogens (tertiary/aromatic N) is 6. The Morgan fingerprint density at radius 2 is 2.06 bits per heavy atom. The van der Waals surface area contributed by atoms with Crippen LogP contribution < -0.4 is 10.2 Å². The van der Waals surface area contributed by atoms with E-state index in [1.807, 2.05) is 66.7 Å². The van der Waals surface area contributed by atoms with E-state index in [0.29, 0.717) is 22.4 Å². The first-order chi connectivity index (χ1) is 15.4. The number of aliphatic imine (C=N–C) groups is 1. The fourth-order valence-electron chi connectivity index (χ4n) is 3.83. The maximum Gasteiger partial charge on any atom is 0.238 e. The summed E-state index contributed by atoms with van der Waals surface area (Å²) in [7, 11) is 3.49. The number of ether oxygens (including phenoxy) is 1. The number of nitrogens with one attached hydrogen (secondary N) is 1. The number of hydroxylamine groups is 1. The fraction of sp³-hybridized carbons (Fsp3) is 0.273. The molecular weight excluding hydrogens is 430 g/mol. The van der Waals surface area contributed by atoms with Gasteiger partial charge < -0.3 is 9.30 Å².